The molecule has 1 aromatic rings. The van der Waals surface area contributed by atoms with E-state index in [9.17, 15) is 10.1 Å². The molecule has 22 heavy (non-hydrogen) atoms. The second-order valence-corrected chi connectivity index (χ2v) is 4.42. The summed E-state index contributed by atoms with van der Waals surface area (Å²) in [5.41, 5.74) is -0.0370. The fraction of sp³-hybridized carbons (Fsp3) is 0.267. The van der Waals surface area contributed by atoms with E-state index in [0.29, 0.717) is 0 Å². The van der Waals surface area contributed by atoms with Crippen molar-refractivity contribution in [2.45, 2.75) is 26.2 Å². The first-order valence-electron chi connectivity index (χ1n) is 6.56. The molecular weight excluding hydrogens is 282 g/mol. The number of unbranched alkanes of at least 4 members (excludes halogenated alkanes) is 1. The average molecular weight is 295 g/mol. The van der Waals surface area contributed by atoms with E-state index < -0.39 is 10.5 Å². The molecule has 1 rings (SSSR count). The first kappa shape index (κ1) is 16.7. The molecule has 0 radical (unpaired) electrons. The van der Waals surface area contributed by atoms with E-state index in [-0.39, 0.29) is 17.1 Å². The lowest BCUT2D eigenvalue weighted by molar-refractivity contribution is -0.384. The molecule has 0 fully saturated rings. The van der Waals surface area contributed by atoms with Crippen LogP contribution in [0.25, 0.3) is 0 Å². The Bertz CT molecular complexity index is 716. The van der Waals surface area contributed by atoms with Gasteiger partial charge in [0.05, 0.1) is 4.92 Å². The predicted molar refractivity (Wildman–Crippen MR) is 79.2 cm³/mol. The van der Waals surface area contributed by atoms with Gasteiger partial charge in [0.2, 0.25) is 0 Å². The number of rotatable bonds is 6. The normalized spacial score (nSPS) is 9.00. The van der Waals surface area contributed by atoms with Crippen molar-refractivity contribution in [3.8, 4) is 18.2 Å². The zero-order chi connectivity index (χ0) is 16.5. The predicted octanol–water partition coefficient (Wildman–Crippen LogP) is 3.17. The van der Waals surface area contributed by atoms with Gasteiger partial charge in [-0.1, -0.05) is 19.4 Å². The molecule has 0 unspecified atom stereocenters. The van der Waals surface area contributed by atoms with Crippen molar-refractivity contribution in [2.24, 2.45) is 0 Å². The fourth-order valence-electron chi connectivity index (χ4n) is 1.79. The van der Waals surface area contributed by atoms with Crippen LogP contribution in [-0.4, -0.2) is 4.92 Å². The number of aryl methyl sites for hydroxylation is 1. The Morgan fingerprint density at radius 3 is 2.45 bits per heavy atom. The molecule has 0 spiro atoms. The fourth-order valence-corrected chi connectivity index (χ4v) is 1.79. The van der Waals surface area contributed by atoms with Crippen LogP contribution in [0.4, 0.5) is 11.4 Å². The zero-order valence-corrected chi connectivity index (χ0v) is 12.0. The summed E-state index contributed by atoms with van der Waals surface area (Å²) in [6.07, 6.45) is 2.61. The van der Waals surface area contributed by atoms with Crippen molar-refractivity contribution in [3.63, 3.8) is 0 Å². The number of benzene rings is 1. The Balaban J connectivity index is 3.23. The van der Waals surface area contributed by atoms with Gasteiger partial charge in [0.1, 0.15) is 29.6 Å². The maximum atomic E-state index is 11.2. The van der Waals surface area contributed by atoms with Crippen LogP contribution in [0.1, 0.15) is 25.3 Å². The van der Waals surface area contributed by atoms with E-state index in [0.717, 1.165) is 24.8 Å². The number of anilines is 1. The Labute approximate surface area is 127 Å². The summed E-state index contributed by atoms with van der Waals surface area (Å²) in [7, 11) is 0. The molecule has 1 aromatic carbocycles. The summed E-state index contributed by atoms with van der Waals surface area (Å²) in [4.78, 5) is 10.6. The topological polar surface area (TPSA) is 127 Å². The van der Waals surface area contributed by atoms with Crippen LogP contribution < -0.4 is 5.32 Å². The SMILES string of the molecule is CCCCc1ccc(NC(C#N)=C(C#N)C#N)c([N+](=O)[O-])c1. The van der Waals surface area contributed by atoms with Crippen LogP contribution in [0, 0.1) is 44.1 Å². The van der Waals surface area contributed by atoms with Crippen molar-refractivity contribution in [1.29, 1.82) is 15.8 Å². The van der Waals surface area contributed by atoms with Gasteiger partial charge in [-0.2, -0.15) is 15.8 Å². The monoisotopic (exact) mass is 295 g/mol. The summed E-state index contributed by atoms with van der Waals surface area (Å²) in [5, 5.41) is 40.2. The minimum atomic E-state index is -0.564. The molecule has 1 N–H and O–H groups in total. The summed E-state index contributed by atoms with van der Waals surface area (Å²) < 4.78 is 0. The maximum Gasteiger partial charge on any atom is 0.292 e. The van der Waals surface area contributed by atoms with E-state index in [4.69, 9.17) is 15.8 Å². The molecule has 0 aliphatic heterocycles. The van der Waals surface area contributed by atoms with Crippen LogP contribution in [0.2, 0.25) is 0 Å². The summed E-state index contributed by atoms with van der Waals surface area (Å²) in [5.74, 6) is 0. The summed E-state index contributed by atoms with van der Waals surface area (Å²) >= 11 is 0. The number of nitro groups is 1. The molecule has 7 heteroatoms. The van der Waals surface area contributed by atoms with Crippen molar-refractivity contribution in [3.05, 3.63) is 45.1 Å². The Morgan fingerprint density at radius 2 is 1.95 bits per heavy atom. The second-order valence-electron chi connectivity index (χ2n) is 4.42. The van der Waals surface area contributed by atoms with Crippen LogP contribution in [-0.2, 0) is 6.42 Å². The third-order valence-corrected chi connectivity index (χ3v) is 2.92. The molecule has 110 valence electrons. The van der Waals surface area contributed by atoms with E-state index >= 15 is 0 Å². The van der Waals surface area contributed by atoms with Crippen molar-refractivity contribution in [1.82, 2.24) is 0 Å². The number of hydrogen-bond donors (Lipinski definition) is 1. The molecule has 0 heterocycles. The van der Waals surface area contributed by atoms with E-state index in [1.165, 1.54) is 12.1 Å². The number of allylic oxidation sites excluding steroid dienone is 2. The Hall–Kier alpha value is -3.37. The van der Waals surface area contributed by atoms with E-state index in [2.05, 4.69) is 5.32 Å². The van der Waals surface area contributed by atoms with Gasteiger partial charge in [0.15, 0.2) is 5.57 Å². The highest BCUT2D eigenvalue weighted by Gasteiger charge is 2.17. The molecule has 0 aliphatic rings. The number of nitrogens with zero attached hydrogens (tertiary/aromatic N) is 4. The molecular formula is C15H13N5O2. The third kappa shape index (κ3) is 4.06. The number of hydrogen-bond acceptors (Lipinski definition) is 6. The van der Waals surface area contributed by atoms with Crippen molar-refractivity contribution < 1.29 is 4.92 Å². The first-order valence-corrected chi connectivity index (χ1v) is 6.56. The van der Waals surface area contributed by atoms with Crippen LogP contribution >= 0.6 is 0 Å². The van der Waals surface area contributed by atoms with E-state index in [1.807, 2.05) is 6.92 Å². The van der Waals surface area contributed by atoms with Gasteiger partial charge >= 0.3 is 0 Å². The third-order valence-electron chi connectivity index (χ3n) is 2.92. The highest BCUT2D eigenvalue weighted by atomic mass is 16.6. The van der Waals surface area contributed by atoms with Crippen LogP contribution in [0.15, 0.2) is 29.5 Å². The van der Waals surface area contributed by atoms with Crippen LogP contribution in [0.3, 0.4) is 0 Å². The molecule has 0 saturated carbocycles. The van der Waals surface area contributed by atoms with Gasteiger partial charge in [-0.3, -0.25) is 10.1 Å². The van der Waals surface area contributed by atoms with Crippen LogP contribution in [0.5, 0.6) is 0 Å². The second kappa shape index (κ2) is 8.04. The van der Waals surface area contributed by atoms with E-state index in [1.54, 1.807) is 24.3 Å². The average Bonchev–Trinajstić information content (AvgIpc) is 2.53. The van der Waals surface area contributed by atoms with Crippen molar-refractivity contribution >= 4 is 11.4 Å². The van der Waals surface area contributed by atoms with Gasteiger partial charge < -0.3 is 5.32 Å². The zero-order valence-electron chi connectivity index (χ0n) is 12.0. The number of nitrogens with one attached hydrogen (secondary N) is 1. The van der Waals surface area contributed by atoms with Gasteiger partial charge in [0.25, 0.3) is 5.69 Å². The maximum absolute atomic E-state index is 11.2. The standard InChI is InChI=1S/C15H13N5O2/c1-2-3-4-11-5-6-13(15(7-11)20(21)22)19-14(10-18)12(8-16)9-17/h5-7,19H,2-4H2,1H3. The Morgan fingerprint density at radius 1 is 1.27 bits per heavy atom. The van der Waals surface area contributed by atoms with Gasteiger partial charge in [-0.05, 0) is 24.5 Å². The molecule has 0 atom stereocenters. The van der Waals surface area contributed by atoms with Gasteiger partial charge in [-0.25, -0.2) is 0 Å². The summed E-state index contributed by atoms with van der Waals surface area (Å²) in [6, 6.07) is 9.45. The minimum Gasteiger partial charge on any atom is -0.340 e. The largest absolute Gasteiger partial charge is 0.340 e. The van der Waals surface area contributed by atoms with Gasteiger partial charge in [-0.15, -0.1) is 0 Å². The molecule has 0 amide bonds. The lowest BCUT2D eigenvalue weighted by Crippen LogP contribution is -2.04. The summed E-state index contributed by atoms with van der Waals surface area (Å²) in [6.45, 7) is 2.03. The highest BCUT2D eigenvalue weighted by molar-refractivity contribution is 5.68. The lowest BCUT2D eigenvalue weighted by Gasteiger charge is -2.07. The van der Waals surface area contributed by atoms with Gasteiger partial charge in [0, 0.05) is 6.07 Å². The lowest BCUT2D eigenvalue weighted by atomic mass is 10.1. The molecule has 7 nitrogen and oxygen atoms in total. The quantitative estimate of drug-likeness (QED) is 0.487. The Kier molecular flexibility index (Phi) is 6.10. The number of nitriles is 3. The van der Waals surface area contributed by atoms with Crippen molar-refractivity contribution in [2.75, 3.05) is 5.32 Å². The molecule has 0 aliphatic carbocycles. The smallest absolute Gasteiger partial charge is 0.292 e. The molecule has 0 saturated heterocycles. The molecule has 0 bridgehead atoms. The highest BCUT2D eigenvalue weighted by Crippen LogP contribution is 2.27. The minimum absolute atomic E-state index is 0.0739. The number of nitro benzene ring substituents is 1. The molecule has 0 aromatic heterocycles. The first-order chi connectivity index (χ1) is 10.6.